The van der Waals surface area contributed by atoms with Crippen LogP contribution in [0.5, 0.6) is 0 Å². The van der Waals surface area contributed by atoms with E-state index in [9.17, 15) is 4.79 Å². The predicted molar refractivity (Wildman–Crippen MR) is 67.1 cm³/mol. The molecule has 0 saturated heterocycles. The van der Waals surface area contributed by atoms with Crippen LogP contribution in [-0.2, 0) is 11.2 Å². The van der Waals surface area contributed by atoms with Gasteiger partial charge < -0.3 is 4.98 Å². The minimum Gasteiger partial charge on any atom is -0.342 e. The second kappa shape index (κ2) is 3.99. The number of fused-ring (bicyclic) bond motifs is 1. The average Bonchev–Trinajstić information content (AvgIpc) is 2.56. The van der Waals surface area contributed by atoms with Crippen LogP contribution in [-0.4, -0.2) is 15.8 Å². The lowest BCUT2D eigenvalue weighted by atomic mass is 9.85. The van der Waals surface area contributed by atoms with Crippen LogP contribution in [0.15, 0.2) is 18.2 Å². The van der Waals surface area contributed by atoms with Crippen LogP contribution in [0.25, 0.3) is 11.0 Å². The maximum atomic E-state index is 11.1. The number of ketones is 1. The van der Waals surface area contributed by atoms with Gasteiger partial charge in [0.2, 0.25) is 0 Å². The van der Waals surface area contributed by atoms with E-state index in [-0.39, 0.29) is 5.78 Å². The topological polar surface area (TPSA) is 45.8 Å². The van der Waals surface area contributed by atoms with Crippen molar-refractivity contribution in [2.75, 3.05) is 0 Å². The lowest BCUT2D eigenvalue weighted by molar-refractivity contribution is -0.116. The van der Waals surface area contributed by atoms with Crippen LogP contribution in [0.4, 0.5) is 0 Å². The normalized spacial score (nSPS) is 16.1. The highest BCUT2D eigenvalue weighted by Crippen LogP contribution is 2.35. The van der Waals surface area contributed by atoms with Crippen molar-refractivity contribution >= 4 is 16.8 Å². The molecule has 1 aliphatic rings. The summed E-state index contributed by atoms with van der Waals surface area (Å²) in [5.41, 5.74) is 3.14. The molecular weight excluding hydrogens is 212 g/mol. The van der Waals surface area contributed by atoms with Crippen molar-refractivity contribution in [1.82, 2.24) is 9.97 Å². The molecule has 0 atom stereocenters. The molecule has 0 unspecified atom stereocenters. The Morgan fingerprint density at radius 3 is 2.94 bits per heavy atom. The summed E-state index contributed by atoms with van der Waals surface area (Å²) in [7, 11) is 0. The van der Waals surface area contributed by atoms with Gasteiger partial charge in [-0.25, -0.2) is 4.98 Å². The molecule has 0 radical (unpaired) electrons. The first-order chi connectivity index (χ1) is 8.22. The Bertz CT molecular complexity index is 567. The zero-order valence-electron chi connectivity index (χ0n) is 9.99. The van der Waals surface area contributed by atoms with Crippen LogP contribution in [0.1, 0.15) is 43.5 Å². The van der Waals surface area contributed by atoms with Gasteiger partial charge in [-0.2, -0.15) is 0 Å². The number of carbonyl (C=O) groups is 1. The molecule has 1 aromatic carbocycles. The third-order valence-electron chi connectivity index (χ3n) is 3.51. The van der Waals surface area contributed by atoms with Gasteiger partial charge in [-0.05, 0) is 37.5 Å². The van der Waals surface area contributed by atoms with Crippen molar-refractivity contribution in [3.8, 4) is 0 Å². The van der Waals surface area contributed by atoms with Gasteiger partial charge in [-0.1, -0.05) is 12.5 Å². The van der Waals surface area contributed by atoms with Gasteiger partial charge in [0.15, 0.2) is 0 Å². The zero-order chi connectivity index (χ0) is 11.8. The van der Waals surface area contributed by atoms with E-state index in [1.807, 2.05) is 18.2 Å². The summed E-state index contributed by atoms with van der Waals surface area (Å²) < 4.78 is 0. The molecule has 0 aliphatic heterocycles. The molecule has 1 aliphatic carbocycles. The molecule has 1 heterocycles. The van der Waals surface area contributed by atoms with Gasteiger partial charge in [0.05, 0.1) is 11.0 Å². The van der Waals surface area contributed by atoms with Gasteiger partial charge in [-0.15, -0.1) is 0 Å². The van der Waals surface area contributed by atoms with E-state index < -0.39 is 0 Å². The molecule has 88 valence electrons. The molecule has 1 N–H and O–H groups in total. The van der Waals surface area contributed by atoms with E-state index in [2.05, 4.69) is 9.97 Å². The first-order valence-electron chi connectivity index (χ1n) is 6.20. The fourth-order valence-electron chi connectivity index (χ4n) is 2.35. The highest BCUT2D eigenvalue weighted by Gasteiger charge is 2.22. The quantitative estimate of drug-likeness (QED) is 0.877. The zero-order valence-corrected chi connectivity index (χ0v) is 9.99. The number of nitrogens with one attached hydrogen (secondary N) is 1. The minimum absolute atomic E-state index is 0.197. The summed E-state index contributed by atoms with van der Waals surface area (Å²) in [5.74, 6) is 1.94. The van der Waals surface area contributed by atoms with E-state index in [0.717, 1.165) is 22.4 Å². The SMILES string of the molecule is CC(=O)Cc1ccc2nc(C3CCC3)[nH]c2c1. The summed E-state index contributed by atoms with van der Waals surface area (Å²) in [6, 6.07) is 6.05. The Morgan fingerprint density at radius 2 is 2.29 bits per heavy atom. The molecule has 3 rings (SSSR count). The lowest BCUT2D eigenvalue weighted by Gasteiger charge is -2.22. The van der Waals surface area contributed by atoms with E-state index in [1.54, 1.807) is 6.92 Å². The number of nitrogens with zero attached hydrogens (tertiary/aromatic N) is 1. The Morgan fingerprint density at radius 1 is 1.47 bits per heavy atom. The van der Waals surface area contributed by atoms with E-state index in [1.165, 1.54) is 19.3 Å². The van der Waals surface area contributed by atoms with Gasteiger partial charge >= 0.3 is 0 Å². The molecule has 3 nitrogen and oxygen atoms in total. The number of aromatic amines is 1. The van der Waals surface area contributed by atoms with Crippen LogP contribution in [0, 0.1) is 0 Å². The Hall–Kier alpha value is -1.64. The Labute approximate surface area is 100 Å². The van der Waals surface area contributed by atoms with Crippen LogP contribution in [0.3, 0.4) is 0 Å². The average molecular weight is 228 g/mol. The predicted octanol–water partition coefficient (Wildman–Crippen LogP) is 2.96. The molecule has 1 fully saturated rings. The number of hydrogen-bond acceptors (Lipinski definition) is 2. The van der Waals surface area contributed by atoms with Crippen molar-refractivity contribution in [3.63, 3.8) is 0 Å². The van der Waals surface area contributed by atoms with Crippen molar-refractivity contribution in [3.05, 3.63) is 29.6 Å². The maximum absolute atomic E-state index is 11.1. The molecule has 0 amide bonds. The molecule has 17 heavy (non-hydrogen) atoms. The van der Waals surface area contributed by atoms with Gasteiger partial charge in [-0.3, -0.25) is 4.79 Å². The molecular formula is C14H16N2O. The molecule has 3 heteroatoms. The number of benzene rings is 1. The standard InChI is InChI=1S/C14H16N2O/c1-9(17)7-10-5-6-12-13(8-10)16-14(15-12)11-3-2-4-11/h5-6,8,11H,2-4,7H2,1H3,(H,15,16). The second-order valence-electron chi connectivity index (χ2n) is 4.98. The number of H-pyrrole nitrogens is 1. The Balaban J connectivity index is 1.95. The second-order valence-corrected chi connectivity index (χ2v) is 4.98. The first-order valence-corrected chi connectivity index (χ1v) is 6.20. The van der Waals surface area contributed by atoms with Crippen molar-refractivity contribution < 1.29 is 4.79 Å². The monoisotopic (exact) mass is 228 g/mol. The number of imidazole rings is 1. The van der Waals surface area contributed by atoms with Gasteiger partial charge in [0, 0.05) is 12.3 Å². The highest BCUT2D eigenvalue weighted by atomic mass is 16.1. The molecule has 1 aromatic heterocycles. The van der Waals surface area contributed by atoms with Crippen molar-refractivity contribution in [2.24, 2.45) is 0 Å². The number of Topliss-reactive ketones (excluding diaryl/α,β-unsaturated/α-hetero) is 1. The van der Waals surface area contributed by atoms with Crippen LogP contribution >= 0.6 is 0 Å². The van der Waals surface area contributed by atoms with Crippen molar-refractivity contribution in [2.45, 2.75) is 38.5 Å². The van der Waals surface area contributed by atoms with E-state index in [0.29, 0.717) is 12.3 Å². The molecule has 1 saturated carbocycles. The molecule has 2 aromatic rings. The lowest BCUT2D eigenvalue weighted by Crippen LogP contribution is -2.10. The number of rotatable bonds is 3. The maximum Gasteiger partial charge on any atom is 0.134 e. The third-order valence-corrected chi connectivity index (χ3v) is 3.51. The molecule has 0 spiro atoms. The van der Waals surface area contributed by atoms with E-state index in [4.69, 9.17) is 0 Å². The van der Waals surface area contributed by atoms with E-state index >= 15 is 0 Å². The van der Waals surface area contributed by atoms with Gasteiger partial charge in [0.1, 0.15) is 11.6 Å². The number of hydrogen-bond donors (Lipinski definition) is 1. The largest absolute Gasteiger partial charge is 0.342 e. The summed E-state index contributed by atoms with van der Waals surface area (Å²) in [5, 5.41) is 0. The third kappa shape index (κ3) is 1.97. The fourth-order valence-corrected chi connectivity index (χ4v) is 2.35. The first kappa shape index (κ1) is 10.5. The van der Waals surface area contributed by atoms with Crippen molar-refractivity contribution in [1.29, 1.82) is 0 Å². The fraction of sp³-hybridized carbons (Fsp3) is 0.429. The summed E-state index contributed by atoms with van der Waals surface area (Å²) >= 11 is 0. The minimum atomic E-state index is 0.197. The van der Waals surface area contributed by atoms with Crippen LogP contribution in [0.2, 0.25) is 0 Å². The van der Waals surface area contributed by atoms with Crippen LogP contribution < -0.4 is 0 Å². The summed E-state index contributed by atoms with van der Waals surface area (Å²) in [4.78, 5) is 19.1. The Kier molecular flexibility index (Phi) is 2.46. The number of aromatic nitrogens is 2. The summed E-state index contributed by atoms with van der Waals surface area (Å²) in [6.07, 6.45) is 4.32. The summed E-state index contributed by atoms with van der Waals surface area (Å²) in [6.45, 7) is 1.62. The number of carbonyl (C=O) groups excluding carboxylic acids is 1. The van der Waals surface area contributed by atoms with Gasteiger partial charge in [0.25, 0.3) is 0 Å². The smallest absolute Gasteiger partial charge is 0.134 e. The molecule has 0 bridgehead atoms. The highest BCUT2D eigenvalue weighted by molar-refractivity contribution is 5.81.